The molecule has 0 saturated carbocycles. The summed E-state index contributed by atoms with van der Waals surface area (Å²) in [6, 6.07) is 5.63. The predicted octanol–water partition coefficient (Wildman–Crippen LogP) is 3.16. The topological polar surface area (TPSA) is 50.4 Å². The Bertz CT molecular complexity index is 477. The van der Waals surface area contributed by atoms with Crippen molar-refractivity contribution >= 4 is 17.5 Å². The first-order valence-corrected chi connectivity index (χ1v) is 7.61. The Morgan fingerprint density at radius 1 is 1.29 bits per heavy atom. The van der Waals surface area contributed by atoms with Gasteiger partial charge < -0.3 is 15.4 Å². The molecule has 1 rings (SSSR count). The van der Waals surface area contributed by atoms with Gasteiger partial charge in [0.25, 0.3) is 5.91 Å². The summed E-state index contributed by atoms with van der Waals surface area (Å²) in [6.45, 7) is 8.14. The van der Waals surface area contributed by atoms with Gasteiger partial charge in [-0.3, -0.25) is 4.79 Å². The molecule has 0 saturated heterocycles. The summed E-state index contributed by atoms with van der Waals surface area (Å²) in [5.74, 6) is 0.951. The van der Waals surface area contributed by atoms with Crippen molar-refractivity contribution in [2.75, 3.05) is 13.7 Å². The summed E-state index contributed by atoms with van der Waals surface area (Å²) in [7, 11) is 1.87. The molecular weight excluding hydrogens is 288 g/mol. The molecule has 0 spiro atoms. The lowest BCUT2D eigenvalue weighted by molar-refractivity contribution is -0.124. The molecule has 1 amide bonds. The lowest BCUT2D eigenvalue weighted by atomic mass is 10.1. The van der Waals surface area contributed by atoms with Crippen LogP contribution in [0.1, 0.15) is 39.3 Å². The number of ether oxygens (including phenoxy) is 1. The van der Waals surface area contributed by atoms with Gasteiger partial charge in [-0.05, 0) is 45.0 Å². The van der Waals surface area contributed by atoms with E-state index in [1.54, 1.807) is 12.1 Å². The lowest BCUT2D eigenvalue weighted by Crippen LogP contribution is -2.39. The molecule has 2 unspecified atom stereocenters. The molecule has 21 heavy (non-hydrogen) atoms. The molecule has 1 aromatic rings. The van der Waals surface area contributed by atoms with Crippen LogP contribution >= 0.6 is 11.6 Å². The zero-order valence-electron chi connectivity index (χ0n) is 13.4. The maximum Gasteiger partial charge on any atom is 0.258 e. The second kappa shape index (κ2) is 8.25. The SMILES string of the molecule is CNC(C)c1cc(Cl)ccc1OCC(=O)NC(C)C(C)C. The molecule has 1 aromatic carbocycles. The summed E-state index contributed by atoms with van der Waals surface area (Å²) >= 11 is 6.02. The van der Waals surface area contributed by atoms with Crippen molar-refractivity contribution in [3.63, 3.8) is 0 Å². The van der Waals surface area contributed by atoms with Gasteiger partial charge >= 0.3 is 0 Å². The number of hydrogen-bond acceptors (Lipinski definition) is 3. The molecule has 0 aromatic heterocycles. The maximum atomic E-state index is 11.9. The van der Waals surface area contributed by atoms with Crippen LogP contribution in [0.15, 0.2) is 18.2 Å². The van der Waals surface area contributed by atoms with E-state index in [9.17, 15) is 4.79 Å². The van der Waals surface area contributed by atoms with E-state index in [0.29, 0.717) is 16.7 Å². The standard InChI is InChI=1S/C16H25ClN2O2/c1-10(2)11(3)19-16(20)9-21-15-7-6-13(17)8-14(15)12(4)18-5/h6-8,10-12,18H,9H2,1-5H3,(H,19,20). The fourth-order valence-electron chi connectivity index (χ4n) is 1.75. The number of carbonyl (C=O) groups is 1. The lowest BCUT2D eigenvalue weighted by Gasteiger charge is -2.19. The van der Waals surface area contributed by atoms with Crippen LogP contribution in [0.5, 0.6) is 5.75 Å². The summed E-state index contributed by atoms with van der Waals surface area (Å²) in [6.07, 6.45) is 0. The number of nitrogens with one attached hydrogen (secondary N) is 2. The van der Waals surface area contributed by atoms with E-state index < -0.39 is 0 Å². The van der Waals surface area contributed by atoms with Crippen LogP contribution < -0.4 is 15.4 Å². The molecule has 0 radical (unpaired) electrons. The van der Waals surface area contributed by atoms with Crippen molar-refractivity contribution in [3.8, 4) is 5.75 Å². The molecule has 2 atom stereocenters. The van der Waals surface area contributed by atoms with E-state index in [1.165, 1.54) is 0 Å². The van der Waals surface area contributed by atoms with Crippen LogP contribution in [0, 0.1) is 5.92 Å². The third-order valence-electron chi connectivity index (χ3n) is 3.62. The Balaban J connectivity index is 2.69. The number of hydrogen-bond donors (Lipinski definition) is 2. The first-order chi connectivity index (χ1) is 9.85. The highest BCUT2D eigenvalue weighted by Crippen LogP contribution is 2.28. The molecule has 0 heterocycles. The number of halogens is 1. The molecule has 0 aliphatic rings. The number of amides is 1. The molecule has 0 aliphatic heterocycles. The van der Waals surface area contributed by atoms with Crippen molar-refractivity contribution in [3.05, 3.63) is 28.8 Å². The number of carbonyl (C=O) groups excluding carboxylic acids is 1. The Labute approximate surface area is 132 Å². The molecule has 0 bridgehead atoms. The minimum Gasteiger partial charge on any atom is -0.483 e. The zero-order chi connectivity index (χ0) is 16.0. The monoisotopic (exact) mass is 312 g/mol. The maximum absolute atomic E-state index is 11.9. The van der Waals surface area contributed by atoms with Crippen LogP contribution in [0.4, 0.5) is 0 Å². The van der Waals surface area contributed by atoms with E-state index in [4.69, 9.17) is 16.3 Å². The van der Waals surface area contributed by atoms with Crippen LogP contribution in [0.3, 0.4) is 0 Å². The molecule has 0 fully saturated rings. The third kappa shape index (κ3) is 5.56. The van der Waals surface area contributed by atoms with Gasteiger partial charge in [0.2, 0.25) is 0 Å². The van der Waals surface area contributed by atoms with E-state index in [0.717, 1.165) is 5.56 Å². The summed E-state index contributed by atoms with van der Waals surface area (Å²) in [5.41, 5.74) is 0.940. The molecule has 2 N–H and O–H groups in total. The smallest absolute Gasteiger partial charge is 0.258 e. The highest BCUT2D eigenvalue weighted by atomic mass is 35.5. The minimum atomic E-state index is -0.116. The van der Waals surface area contributed by atoms with Gasteiger partial charge in [-0.1, -0.05) is 25.4 Å². The predicted molar refractivity (Wildman–Crippen MR) is 86.9 cm³/mol. The van der Waals surface area contributed by atoms with Gasteiger partial charge in [0.05, 0.1) is 0 Å². The molecule has 5 heteroatoms. The number of rotatable bonds is 7. The quantitative estimate of drug-likeness (QED) is 0.813. The second-order valence-electron chi connectivity index (χ2n) is 5.58. The van der Waals surface area contributed by atoms with Crippen LogP contribution in [-0.2, 0) is 4.79 Å². The molecule has 4 nitrogen and oxygen atoms in total. The van der Waals surface area contributed by atoms with Crippen molar-refractivity contribution in [2.24, 2.45) is 5.92 Å². The van der Waals surface area contributed by atoms with Crippen LogP contribution in [0.25, 0.3) is 0 Å². The van der Waals surface area contributed by atoms with Crippen molar-refractivity contribution < 1.29 is 9.53 Å². The average molecular weight is 313 g/mol. The fraction of sp³-hybridized carbons (Fsp3) is 0.562. The summed E-state index contributed by atoms with van der Waals surface area (Å²) < 4.78 is 5.65. The Hall–Kier alpha value is -1.26. The normalized spacial score (nSPS) is 13.9. The first kappa shape index (κ1) is 17.8. The largest absolute Gasteiger partial charge is 0.483 e. The highest BCUT2D eigenvalue weighted by molar-refractivity contribution is 6.30. The first-order valence-electron chi connectivity index (χ1n) is 7.24. The third-order valence-corrected chi connectivity index (χ3v) is 3.85. The van der Waals surface area contributed by atoms with Crippen molar-refractivity contribution in [1.82, 2.24) is 10.6 Å². The van der Waals surface area contributed by atoms with E-state index >= 15 is 0 Å². The number of benzene rings is 1. The Morgan fingerprint density at radius 3 is 2.52 bits per heavy atom. The van der Waals surface area contributed by atoms with E-state index in [1.807, 2.05) is 27.0 Å². The van der Waals surface area contributed by atoms with Crippen molar-refractivity contribution in [1.29, 1.82) is 0 Å². The van der Waals surface area contributed by atoms with Gasteiger partial charge in [-0.15, -0.1) is 0 Å². The molecule has 0 aliphatic carbocycles. The molecular formula is C16H25ClN2O2. The van der Waals surface area contributed by atoms with Crippen LogP contribution in [0.2, 0.25) is 5.02 Å². The van der Waals surface area contributed by atoms with Gasteiger partial charge in [-0.25, -0.2) is 0 Å². The van der Waals surface area contributed by atoms with Gasteiger partial charge in [0, 0.05) is 22.7 Å². The Morgan fingerprint density at radius 2 is 1.95 bits per heavy atom. The second-order valence-corrected chi connectivity index (χ2v) is 6.02. The average Bonchev–Trinajstić information content (AvgIpc) is 2.44. The minimum absolute atomic E-state index is 0.00211. The molecule has 118 valence electrons. The van der Waals surface area contributed by atoms with Crippen molar-refractivity contribution in [2.45, 2.75) is 39.8 Å². The summed E-state index contributed by atoms with van der Waals surface area (Å²) in [4.78, 5) is 11.9. The summed E-state index contributed by atoms with van der Waals surface area (Å²) in [5, 5.41) is 6.71. The van der Waals surface area contributed by atoms with Gasteiger partial charge in [0.15, 0.2) is 6.61 Å². The fourth-order valence-corrected chi connectivity index (χ4v) is 1.93. The van der Waals surface area contributed by atoms with Crippen LogP contribution in [-0.4, -0.2) is 25.6 Å². The van der Waals surface area contributed by atoms with E-state index in [2.05, 4.69) is 24.5 Å². The zero-order valence-corrected chi connectivity index (χ0v) is 14.1. The van der Waals surface area contributed by atoms with E-state index in [-0.39, 0.29) is 24.6 Å². The highest BCUT2D eigenvalue weighted by Gasteiger charge is 2.14. The Kier molecular flexibility index (Phi) is 6.99. The van der Waals surface area contributed by atoms with Gasteiger partial charge in [-0.2, -0.15) is 0 Å². The van der Waals surface area contributed by atoms with Gasteiger partial charge in [0.1, 0.15) is 5.75 Å².